The van der Waals surface area contributed by atoms with Gasteiger partial charge in [-0.1, -0.05) is 13.8 Å². The molecule has 90 valence electrons. The summed E-state index contributed by atoms with van der Waals surface area (Å²) < 4.78 is 0. The SMILES string of the molecule is CC(C)CCCN(C)C(=O)CC(C)(C)N. The standard InChI is InChI=1S/C12H26N2O/c1-10(2)7-6-8-14(5)11(15)9-12(3,4)13/h10H,6-9,13H2,1-5H3. The van der Waals surface area contributed by atoms with Gasteiger partial charge in [-0.3, -0.25) is 4.79 Å². The number of hydrogen-bond donors (Lipinski definition) is 1. The van der Waals surface area contributed by atoms with Crippen LogP contribution in [-0.2, 0) is 4.79 Å². The second-order valence-corrected chi connectivity index (χ2v) is 5.52. The first kappa shape index (κ1) is 14.4. The third kappa shape index (κ3) is 8.43. The summed E-state index contributed by atoms with van der Waals surface area (Å²) in [5.41, 5.74) is 5.40. The summed E-state index contributed by atoms with van der Waals surface area (Å²) in [5, 5.41) is 0. The highest BCUT2D eigenvalue weighted by Crippen LogP contribution is 2.08. The van der Waals surface area contributed by atoms with Crippen molar-refractivity contribution < 1.29 is 4.79 Å². The average Bonchev–Trinajstić information content (AvgIpc) is 1.99. The van der Waals surface area contributed by atoms with Crippen LogP contribution >= 0.6 is 0 Å². The molecule has 0 saturated carbocycles. The van der Waals surface area contributed by atoms with Crippen LogP contribution in [0.1, 0.15) is 47.0 Å². The summed E-state index contributed by atoms with van der Waals surface area (Å²) >= 11 is 0. The summed E-state index contributed by atoms with van der Waals surface area (Å²) in [6, 6.07) is 0. The van der Waals surface area contributed by atoms with E-state index in [4.69, 9.17) is 5.73 Å². The van der Waals surface area contributed by atoms with E-state index in [1.165, 1.54) is 6.42 Å². The number of rotatable bonds is 6. The fourth-order valence-corrected chi connectivity index (χ4v) is 1.39. The van der Waals surface area contributed by atoms with E-state index in [2.05, 4.69) is 13.8 Å². The minimum absolute atomic E-state index is 0.145. The van der Waals surface area contributed by atoms with Gasteiger partial charge in [-0.2, -0.15) is 0 Å². The van der Waals surface area contributed by atoms with Crippen molar-refractivity contribution in [3.63, 3.8) is 0 Å². The van der Waals surface area contributed by atoms with Crippen molar-refractivity contribution in [3.05, 3.63) is 0 Å². The number of amides is 1. The Balaban J connectivity index is 3.80. The zero-order valence-electron chi connectivity index (χ0n) is 10.8. The normalized spacial score (nSPS) is 11.9. The predicted octanol–water partition coefficient (Wildman–Crippen LogP) is 2.01. The lowest BCUT2D eigenvalue weighted by Crippen LogP contribution is -2.40. The summed E-state index contributed by atoms with van der Waals surface area (Å²) in [5.74, 6) is 0.853. The van der Waals surface area contributed by atoms with Crippen LogP contribution in [0.5, 0.6) is 0 Å². The summed E-state index contributed by atoms with van der Waals surface area (Å²) in [6.45, 7) is 9.00. The van der Waals surface area contributed by atoms with Gasteiger partial charge in [-0.05, 0) is 32.6 Å². The lowest BCUT2D eigenvalue weighted by Gasteiger charge is -2.23. The predicted molar refractivity (Wildman–Crippen MR) is 64.6 cm³/mol. The van der Waals surface area contributed by atoms with Gasteiger partial charge in [0.25, 0.3) is 0 Å². The topological polar surface area (TPSA) is 46.3 Å². The molecular formula is C12H26N2O. The first-order chi connectivity index (χ1) is 6.72. The van der Waals surface area contributed by atoms with Crippen LogP contribution in [0.15, 0.2) is 0 Å². The van der Waals surface area contributed by atoms with E-state index in [9.17, 15) is 4.79 Å². The van der Waals surface area contributed by atoms with Crippen LogP contribution < -0.4 is 5.73 Å². The highest BCUT2D eigenvalue weighted by molar-refractivity contribution is 5.76. The molecule has 0 aromatic carbocycles. The third-order valence-corrected chi connectivity index (χ3v) is 2.31. The summed E-state index contributed by atoms with van der Waals surface area (Å²) in [4.78, 5) is 13.5. The summed E-state index contributed by atoms with van der Waals surface area (Å²) in [7, 11) is 1.86. The smallest absolute Gasteiger partial charge is 0.224 e. The second kappa shape index (κ2) is 6.11. The molecular weight excluding hydrogens is 188 g/mol. The van der Waals surface area contributed by atoms with Crippen molar-refractivity contribution in [2.75, 3.05) is 13.6 Å². The van der Waals surface area contributed by atoms with Crippen molar-refractivity contribution in [3.8, 4) is 0 Å². The van der Waals surface area contributed by atoms with E-state index in [0.29, 0.717) is 12.3 Å². The molecule has 2 N–H and O–H groups in total. The Morgan fingerprint density at radius 2 is 1.93 bits per heavy atom. The molecule has 0 heterocycles. The molecule has 0 radical (unpaired) electrons. The molecule has 0 spiro atoms. The quantitative estimate of drug-likeness (QED) is 0.735. The fourth-order valence-electron chi connectivity index (χ4n) is 1.39. The minimum Gasteiger partial charge on any atom is -0.346 e. The van der Waals surface area contributed by atoms with Gasteiger partial charge in [-0.25, -0.2) is 0 Å². The van der Waals surface area contributed by atoms with Crippen LogP contribution in [0.25, 0.3) is 0 Å². The van der Waals surface area contributed by atoms with Crippen molar-refractivity contribution in [2.45, 2.75) is 52.5 Å². The van der Waals surface area contributed by atoms with E-state index in [1.54, 1.807) is 4.90 Å². The molecule has 0 bridgehead atoms. The summed E-state index contributed by atoms with van der Waals surface area (Å²) in [6.07, 6.45) is 2.67. The van der Waals surface area contributed by atoms with Gasteiger partial charge in [0.15, 0.2) is 0 Å². The van der Waals surface area contributed by atoms with Crippen LogP contribution in [0.4, 0.5) is 0 Å². The maximum atomic E-state index is 11.7. The van der Waals surface area contributed by atoms with E-state index in [-0.39, 0.29) is 5.91 Å². The first-order valence-electron chi connectivity index (χ1n) is 5.75. The number of carbonyl (C=O) groups excluding carboxylic acids is 1. The van der Waals surface area contributed by atoms with Crippen LogP contribution in [-0.4, -0.2) is 29.9 Å². The molecule has 0 aromatic heterocycles. The molecule has 3 heteroatoms. The second-order valence-electron chi connectivity index (χ2n) is 5.52. The van der Waals surface area contributed by atoms with Gasteiger partial charge in [0.1, 0.15) is 0 Å². The Hall–Kier alpha value is -0.570. The first-order valence-corrected chi connectivity index (χ1v) is 5.75. The molecule has 0 rings (SSSR count). The molecule has 0 aliphatic rings. The number of hydrogen-bond acceptors (Lipinski definition) is 2. The van der Waals surface area contributed by atoms with Crippen LogP contribution in [0.2, 0.25) is 0 Å². The van der Waals surface area contributed by atoms with Gasteiger partial charge in [0.05, 0.1) is 0 Å². The largest absolute Gasteiger partial charge is 0.346 e. The molecule has 0 unspecified atom stereocenters. The number of nitrogens with zero attached hydrogens (tertiary/aromatic N) is 1. The minimum atomic E-state index is -0.399. The molecule has 0 aromatic rings. The Labute approximate surface area is 94.0 Å². The van der Waals surface area contributed by atoms with Crippen molar-refractivity contribution in [2.24, 2.45) is 11.7 Å². The lowest BCUT2D eigenvalue weighted by atomic mass is 10.0. The highest BCUT2D eigenvalue weighted by Gasteiger charge is 2.18. The molecule has 1 amide bonds. The van der Waals surface area contributed by atoms with Crippen molar-refractivity contribution in [1.82, 2.24) is 4.90 Å². The molecule has 0 atom stereocenters. The monoisotopic (exact) mass is 214 g/mol. The van der Waals surface area contributed by atoms with Crippen molar-refractivity contribution in [1.29, 1.82) is 0 Å². The van der Waals surface area contributed by atoms with Crippen LogP contribution in [0, 0.1) is 5.92 Å². The lowest BCUT2D eigenvalue weighted by molar-refractivity contribution is -0.131. The van der Waals surface area contributed by atoms with Crippen LogP contribution in [0.3, 0.4) is 0 Å². The van der Waals surface area contributed by atoms with E-state index >= 15 is 0 Å². The Morgan fingerprint density at radius 1 is 1.40 bits per heavy atom. The van der Waals surface area contributed by atoms with E-state index in [0.717, 1.165) is 13.0 Å². The Morgan fingerprint density at radius 3 is 2.33 bits per heavy atom. The Bertz CT molecular complexity index is 194. The number of nitrogens with two attached hydrogens (primary N) is 1. The molecule has 15 heavy (non-hydrogen) atoms. The highest BCUT2D eigenvalue weighted by atomic mass is 16.2. The van der Waals surface area contributed by atoms with Gasteiger partial charge >= 0.3 is 0 Å². The van der Waals surface area contributed by atoms with Crippen molar-refractivity contribution >= 4 is 5.91 Å². The molecule has 0 saturated heterocycles. The molecule has 0 aliphatic carbocycles. The number of carbonyl (C=O) groups is 1. The zero-order valence-corrected chi connectivity index (χ0v) is 10.8. The third-order valence-electron chi connectivity index (χ3n) is 2.31. The zero-order chi connectivity index (χ0) is 12.1. The molecule has 3 nitrogen and oxygen atoms in total. The van der Waals surface area contributed by atoms with Gasteiger partial charge in [0.2, 0.25) is 5.91 Å². The molecule has 0 fully saturated rings. The Kier molecular flexibility index (Phi) is 5.88. The fraction of sp³-hybridized carbons (Fsp3) is 0.917. The maximum absolute atomic E-state index is 11.7. The van der Waals surface area contributed by atoms with E-state index < -0.39 is 5.54 Å². The molecule has 0 aliphatic heterocycles. The van der Waals surface area contributed by atoms with Gasteiger partial charge in [0, 0.05) is 25.6 Å². The van der Waals surface area contributed by atoms with Gasteiger partial charge in [-0.15, -0.1) is 0 Å². The average molecular weight is 214 g/mol. The maximum Gasteiger partial charge on any atom is 0.224 e. The van der Waals surface area contributed by atoms with Gasteiger partial charge < -0.3 is 10.6 Å². The van der Waals surface area contributed by atoms with E-state index in [1.807, 2.05) is 20.9 Å².